The second kappa shape index (κ2) is 8.07. The Labute approximate surface area is 151 Å². The van der Waals surface area contributed by atoms with Crippen LogP contribution in [0, 0.1) is 6.92 Å². The number of hydrogen-bond donors (Lipinski definition) is 2. The van der Waals surface area contributed by atoms with Crippen LogP contribution in [0.3, 0.4) is 0 Å². The minimum Gasteiger partial charge on any atom is -0.336 e. The van der Waals surface area contributed by atoms with Gasteiger partial charge in [0.05, 0.1) is 5.75 Å². The molecule has 2 aromatic carbocycles. The van der Waals surface area contributed by atoms with Crippen molar-refractivity contribution in [3.63, 3.8) is 0 Å². The average molecular weight is 355 g/mol. The molecule has 0 aromatic heterocycles. The normalized spacial score (nSPS) is 13.6. The molecule has 1 aliphatic heterocycles. The Kier molecular flexibility index (Phi) is 5.60. The molecule has 2 aromatic rings. The first-order valence-electron chi connectivity index (χ1n) is 8.20. The molecule has 1 fully saturated rings. The van der Waals surface area contributed by atoms with Gasteiger partial charge in [-0.3, -0.25) is 9.69 Å². The summed E-state index contributed by atoms with van der Waals surface area (Å²) < 4.78 is 0. The molecule has 130 valence electrons. The Morgan fingerprint density at radius 2 is 1.88 bits per heavy atom. The molecule has 5 nitrogen and oxygen atoms in total. The van der Waals surface area contributed by atoms with Gasteiger partial charge in [0.2, 0.25) is 5.91 Å². The minimum atomic E-state index is -0.0794. The largest absolute Gasteiger partial charge is 0.336 e. The molecule has 2 N–H and O–H groups in total. The number of nitrogens with zero attached hydrogens (tertiary/aromatic N) is 1. The molecule has 0 aliphatic carbocycles. The first-order chi connectivity index (χ1) is 12.1. The van der Waals surface area contributed by atoms with Crippen LogP contribution in [0.5, 0.6) is 0 Å². The van der Waals surface area contributed by atoms with E-state index in [-0.39, 0.29) is 11.9 Å². The second-order valence-corrected chi connectivity index (χ2v) is 6.94. The lowest BCUT2D eigenvalue weighted by molar-refractivity contribution is -0.113. The molecule has 1 saturated heterocycles. The van der Waals surface area contributed by atoms with Gasteiger partial charge in [0.25, 0.3) is 0 Å². The van der Waals surface area contributed by atoms with Crippen LogP contribution in [0.1, 0.15) is 11.1 Å². The number of aryl methyl sites for hydroxylation is 1. The van der Waals surface area contributed by atoms with Gasteiger partial charge in [0, 0.05) is 30.2 Å². The topological polar surface area (TPSA) is 61.4 Å². The van der Waals surface area contributed by atoms with Gasteiger partial charge in [-0.05, 0) is 36.8 Å². The number of anilines is 2. The fourth-order valence-corrected chi connectivity index (χ4v) is 3.37. The van der Waals surface area contributed by atoms with Gasteiger partial charge in [0.1, 0.15) is 0 Å². The lowest BCUT2D eigenvalue weighted by atomic mass is 10.2. The Bertz CT molecular complexity index is 744. The number of hydrogen-bond acceptors (Lipinski definition) is 3. The molecule has 3 rings (SSSR count). The summed E-state index contributed by atoms with van der Waals surface area (Å²) >= 11 is 1.59. The SMILES string of the molecule is Cc1ccc(CSCC(=O)Nc2ccc(N3CCNC3=O)cc2)cc1. The van der Waals surface area contributed by atoms with Gasteiger partial charge in [0.15, 0.2) is 0 Å². The molecule has 0 saturated carbocycles. The maximum absolute atomic E-state index is 12.0. The Morgan fingerprint density at radius 1 is 1.16 bits per heavy atom. The van der Waals surface area contributed by atoms with E-state index in [1.165, 1.54) is 11.1 Å². The Balaban J connectivity index is 1.46. The van der Waals surface area contributed by atoms with Crippen LogP contribution in [0.25, 0.3) is 0 Å². The van der Waals surface area contributed by atoms with Crippen LogP contribution in [-0.4, -0.2) is 30.8 Å². The molecule has 0 bridgehead atoms. The summed E-state index contributed by atoms with van der Waals surface area (Å²) in [6, 6.07) is 15.6. The number of amides is 3. The molecule has 6 heteroatoms. The van der Waals surface area contributed by atoms with E-state index in [1.807, 2.05) is 24.3 Å². The number of nitrogens with one attached hydrogen (secondary N) is 2. The van der Waals surface area contributed by atoms with Crippen LogP contribution in [-0.2, 0) is 10.5 Å². The number of carbonyl (C=O) groups is 2. The summed E-state index contributed by atoms with van der Waals surface area (Å²) in [5, 5.41) is 5.66. The van der Waals surface area contributed by atoms with E-state index in [1.54, 1.807) is 16.7 Å². The van der Waals surface area contributed by atoms with E-state index in [4.69, 9.17) is 0 Å². The van der Waals surface area contributed by atoms with E-state index in [2.05, 4.69) is 41.8 Å². The zero-order chi connectivity index (χ0) is 17.6. The van der Waals surface area contributed by atoms with Crippen molar-refractivity contribution in [1.29, 1.82) is 0 Å². The van der Waals surface area contributed by atoms with E-state index in [0.29, 0.717) is 18.8 Å². The van der Waals surface area contributed by atoms with Crippen molar-refractivity contribution in [2.24, 2.45) is 0 Å². The first kappa shape index (κ1) is 17.4. The molecule has 1 heterocycles. The quantitative estimate of drug-likeness (QED) is 0.835. The van der Waals surface area contributed by atoms with Crippen LogP contribution in [0.15, 0.2) is 48.5 Å². The maximum Gasteiger partial charge on any atom is 0.321 e. The average Bonchev–Trinajstić information content (AvgIpc) is 3.03. The van der Waals surface area contributed by atoms with Gasteiger partial charge < -0.3 is 10.6 Å². The molecule has 0 unspecified atom stereocenters. The summed E-state index contributed by atoms with van der Waals surface area (Å²) in [5.41, 5.74) is 4.03. The van der Waals surface area contributed by atoms with Crippen LogP contribution in [0.4, 0.5) is 16.2 Å². The minimum absolute atomic E-state index is 0.0243. The highest BCUT2D eigenvalue weighted by Crippen LogP contribution is 2.20. The fourth-order valence-electron chi connectivity index (χ4n) is 2.59. The number of thioether (sulfide) groups is 1. The lowest BCUT2D eigenvalue weighted by Gasteiger charge is -2.14. The van der Waals surface area contributed by atoms with Crippen LogP contribution in [0.2, 0.25) is 0 Å². The highest BCUT2D eigenvalue weighted by Gasteiger charge is 2.20. The Hall–Kier alpha value is -2.47. The zero-order valence-electron chi connectivity index (χ0n) is 14.1. The smallest absolute Gasteiger partial charge is 0.321 e. The molecule has 25 heavy (non-hydrogen) atoms. The van der Waals surface area contributed by atoms with Gasteiger partial charge in [-0.1, -0.05) is 29.8 Å². The highest BCUT2D eigenvalue weighted by molar-refractivity contribution is 7.99. The van der Waals surface area contributed by atoms with Crippen LogP contribution >= 0.6 is 11.8 Å². The lowest BCUT2D eigenvalue weighted by Crippen LogP contribution is -2.27. The Morgan fingerprint density at radius 3 is 2.52 bits per heavy atom. The van der Waals surface area contributed by atoms with Crippen LogP contribution < -0.4 is 15.5 Å². The van der Waals surface area contributed by atoms with E-state index in [0.717, 1.165) is 17.1 Å². The van der Waals surface area contributed by atoms with E-state index < -0.39 is 0 Å². The van der Waals surface area contributed by atoms with Crippen molar-refractivity contribution in [2.75, 3.05) is 29.1 Å². The molecular formula is C19H21N3O2S. The van der Waals surface area contributed by atoms with Crippen molar-refractivity contribution in [2.45, 2.75) is 12.7 Å². The number of urea groups is 1. The molecular weight excluding hydrogens is 334 g/mol. The summed E-state index contributed by atoms with van der Waals surface area (Å²) in [6.07, 6.45) is 0. The summed E-state index contributed by atoms with van der Waals surface area (Å²) in [6.45, 7) is 3.39. The van der Waals surface area contributed by atoms with E-state index >= 15 is 0 Å². The number of carbonyl (C=O) groups excluding carboxylic acids is 2. The first-order valence-corrected chi connectivity index (χ1v) is 9.36. The van der Waals surface area contributed by atoms with Gasteiger partial charge >= 0.3 is 6.03 Å². The third kappa shape index (κ3) is 4.76. The second-order valence-electron chi connectivity index (χ2n) is 5.96. The predicted octanol–water partition coefficient (Wildman–Crippen LogP) is 3.40. The third-order valence-electron chi connectivity index (χ3n) is 3.94. The summed E-state index contributed by atoms with van der Waals surface area (Å²) in [4.78, 5) is 25.4. The molecule has 0 radical (unpaired) electrons. The molecule has 1 aliphatic rings. The molecule has 3 amide bonds. The standard InChI is InChI=1S/C19H21N3O2S/c1-14-2-4-15(5-3-14)12-25-13-18(23)21-16-6-8-17(9-7-16)22-11-10-20-19(22)24/h2-9H,10-13H2,1H3,(H,20,24)(H,21,23). The predicted molar refractivity (Wildman–Crippen MR) is 103 cm³/mol. The van der Waals surface area contributed by atoms with Crippen molar-refractivity contribution >= 4 is 35.1 Å². The fraction of sp³-hybridized carbons (Fsp3) is 0.263. The monoisotopic (exact) mass is 355 g/mol. The maximum atomic E-state index is 12.0. The van der Waals surface area contributed by atoms with Gasteiger partial charge in [-0.2, -0.15) is 0 Å². The number of benzene rings is 2. The van der Waals surface area contributed by atoms with E-state index in [9.17, 15) is 9.59 Å². The number of rotatable bonds is 6. The summed E-state index contributed by atoms with van der Waals surface area (Å²) in [7, 11) is 0. The van der Waals surface area contributed by atoms with Crippen molar-refractivity contribution < 1.29 is 9.59 Å². The van der Waals surface area contributed by atoms with Crippen molar-refractivity contribution in [3.8, 4) is 0 Å². The molecule has 0 spiro atoms. The summed E-state index contributed by atoms with van der Waals surface area (Å²) in [5.74, 6) is 1.20. The zero-order valence-corrected chi connectivity index (χ0v) is 14.9. The highest BCUT2D eigenvalue weighted by atomic mass is 32.2. The third-order valence-corrected chi connectivity index (χ3v) is 4.95. The van der Waals surface area contributed by atoms with Gasteiger partial charge in [-0.25, -0.2) is 4.79 Å². The molecule has 0 atom stereocenters. The van der Waals surface area contributed by atoms with Crippen molar-refractivity contribution in [1.82, 2.24) is 5.32 Å². The van der Waals surface area contributed by atoms with Crippen molar-refractivity contribution in [3.05, 3.63) is 59.7 Å². The van der Waals surface area contributed by atoms with Gasteiger partial charge in [-0.15, -0.1) is 11.8 Å².